The summed E-state index contributed by atoms with van der Waals surface area (Å²) in [5.41, 5.74) is 6.18. The average Bonchev–Trinajstić information content (AvgIpc) is 2.52. The third-order valence-corrected chi connectivity index (χ3v) is 5.42. The van der Waals surface area contributed by atoms with E-state index in [9.17, 15) is 13.2 Å². The fourth-order valence-electron chi connectivity index (χ4n) is 3.03. The van der Waals surface area contributed by atoms with E-state index >= 15 is 0 Å². The predicted octanol–water partition coefficient (Wildman–Crippen LogP) is 2.15. The molecule has 130 valence electrons. The molecule has 1 aliphatic carbocycles. The maximum absolute atomic E-state index is 12.4. The van der Waals surface area contributed by atoms with Crippen LogP contribution in [0.15, 0.2) is 29.2 Å². The molecule has 1 aliphatic rings. The standard InChI is InChI=1S/C16H24N2O3S.ClH/c1-22(20,21)14-9-5-8-13(10-14)16(19)18-15(11-17)12-6-3-2-4-7-12;/h5,8-10,12,15H,2-4,6-7,11,17H2,1H3,(H,18,19);1H. The zero-order valence-corrected chi connectivity index (χ0v) is 15.0. The number of hydrogen-bond acceptors (Lipinski definition) is 4. The second kappa shape index (κ2) is 8.66. The molecule has 0 aromatic heterocycles. The Balaban J connectivity index is 0.00000264. The number of nitrogens with one attached hydrogen (secondary N) is 1. The summed E-state index contributed by atoms with van der Waals surface area (Å²) in [6.45, 7) is 0.405. The van der Waals surface area contributed by atoms with E-state index in [1.807, 2.05) is 0 Å². The minimum Gasteiger partial charge on any atom is -0.348 e. The molecule has 0 spiro atoms. The average molecular weight is 361 g/mol. The Kier molecular flexibility index (Phi) is 7.51. The molecule has 0 heterocycles. The second-order valence-corrected chi connectivity index (χ2v) is 8.03. The summed E-state index contributed by atoms with van der Waals surface area (Å²) in [6.07, 6.45) is 6.92. The topological polar surface area (TPSA) is 89.3 Å². The first kappa shape index (κ1) is 19.9. The molecule has 5 nitrogen and oxygen atoms in total. The van der Waals surface area contributed by atoms with Gasteiger partial charge in [-0.1, -0.05) is 25.3 Å². The van der Waals surface area contributed by atoms with E-state index in [4.69, 9.17) is 5.73 Å². The van der Waals surface area contributed by atoms with Gasteiger partial charge in [0.25, 0.3) is 5.91 Å². The van der Waals surface area contributed by atoms with Crippen molar-refractivity contribution in [1.82, 2.24) is 5.32 Å². The molecule has 0 aliphatic heterocycles. The molecule has 1 fully saturated rings. The predicted molar refractivity (Wildman–Crippen MR) is 93.7 cm³/mol. The van der Waals surface area contributed by atoms with Crippen LogP contribution in [0.3, 0.4) is 0 Å². The molecule has 0 bridgehead atoms. The molecular weight excluding hydrogens is 336 g/mol. The number of rotatable bonds is 5. The van der Waals surface area contributed by atoms with Crippen LogP contribution in [-0.2, 0) is 9.84 Å². The van der Waals surface area contributed by atoms with Gasteiger partial charge in [-0.2, -0.15) is 0 Å². The Morgan fingerprint density at radius 2 is 1.96 bits per heavy atom. The molecule has 3 N–H and O–H groups in total. The number of amides is 1. The highest BCUT2D eigenvalue weighted by Gasteiger charge is 2.24. The van der Waals surface area contributed by atoms with Gasteiger partial charge >= 0.3 is 0 Å². The first-order valence-electron chi connectivity index (χ1n) is 7.73. The molecule has 1 aromatic carbocycles. The third-order valence-electron chi connectivity index (χ3n) is 4.31. The Morgan fingerprint density at radius 1 is 1.30 bits per heavy atom. The summed E-state index contributed by atoms with van der Waals surface area (Å²) in [5, 5.41) is 2.97. The Bertz CT molecular complexity index is 628. The van der Waals surface area contributed by atoms with E-state index in [-0.39, 0.29) is 29.3 Å². The van der Waals surface area contributed by atoms with Gasteiger partial charge in [0.05, 0.1) is 4.90 Å². The maximum atomic E-state index is 12.4. The molecule has 1 amide bonds. The second-order valence-electron chi connectivity index (χ2n) is 6.01. The highest BCUT2D eigenvalue weighted by molar-refractivity contribution is 7.90. The highest BCUT2D eigenvalue weighted by atomic mass is 35.5. The summed E-state index contributed by atoms with van der Waals surface area (Å²) in [5.74, 6) is 0.160. The van der Waals surface area contributed by atoms with E-state index in [0.717, 1.165) is 19.1 Å². The van der Waals surface area contributed by atoms with E-state index in [2.05, 4.69) is 5.32 Å². The number of sulfone groups is 1. The van der Waals surface area contributed by atoms with Crippen LogP contribution in [0.5, 0.6) is 0 Å². The third kappa shape index (κ3) is 5.48. The van der Waals surface area contributed by atoms with Crippen molar-refractivity contribution >= 4 is 28.2 Å². The van der Waals surface area contributed by atoms with Gasteiger partial charge in [-0.15, -0.1) is 12.4 Å². The summed E-state index contributed by atoms with van der Waals surface area (Å²) < 4.78 is 23.2. The lowest BCUT2D eigenvalue weighted by atomic mass is 9.84. The van der Waals surface area contributed by atoms with Crippen LogP contribution in [-0.4, -0.2) is 33.2 Å². The van der Waals surface area contributed by atoms with Crippen molar-refractivity contribution in [1.29, 1.82) is 0 Å². The van der Waals surface area contributed by atoms with Gasteiger partial charge in [0.15, 0.2) is 9.84 Å². The Labute approximate surface area is 144 Å². The van der Waals surface area contributed by atoms with Gasteiger partial charge < -0.3 is 11.1 Å². The number of hydrogen-bond donors (Lipinski definition) is 2. The van der Waals surface area contributed by atoms with Crippen molar-refractivity contribution in [2.75, 3.05) is 12.8 Å². The van der Waals surface area contributed by atoms with Crippen molar-refractivity contribution in [2.45, 2.75) is 43.0 Å². The van der Waals surface area contributed by atoms with Crippen molar-refractivity contribution in [3.63, 3.8) is 0 Å². The lowest BCUT2D eigenvalue weighted by molar-refractivity contribution is 0.0915. The smallest absolute Gasteiger partial charge is 0.251 e. The SMILES string of the molecule is CS(=O)(=O)c1cccc(C(=O)NC(CN)C2CCCCC2)c1.Cl. The molecule has 2 rings (SSSR count). The van der Waals surface area contributed by atoms with Crippen molar-refractivity contribution < 1.29 is 13.2 Å². The number of halogens is 1. The Hall–Kier alpha value is -1.11. The molecule has 0 saturated heterocycles. The van der Waals surface area contributed by atoms with Gasteiger partial charge in [0.1, 0.15) is 0 Å². The van der Waals surface area contributed by atoms with E-state index in [1.54, 1.807) is 12.1 Å². The minimum absolute atomic E-state index is 0. The minimum atomic E-state index is -3.32. The van der Waals surface area contributed by atoms with Crippen LogP contribution in [0.1, 0.15) is 42.5 Å². The molecule has 1 saturated carbocycles. The van der Waals surface area contributed by atoms with Gasteiger partial charge in [0.2, 0.25) is 0 Å². The van der Waals surface area contributed by atoms with E-state index in [1.165, 1.54) is 31.4 Å². The summed E-state index contributed by atoms with van der Waals surface area (Å²) >= 11 is 0. The van der Waals surface area contributed by atoms with Crippen LogP contribution in [0.2, 0.25) is 0 Å². The summed E-state index contributed by atoms with van der Waals surface area (Å²) in [4.78, 5) is 12.5. The summed E-state index contributed by atoms with van der Waals surface area (Å²) in [7, 11) is -3.32. The first-order valence-corrected chi connectivity index (χ1v) is 9.62. The number of nitrogens with two attached hydrogens (primary N) is 1. The van der Waals surface area contributed by atoms with Gasteiger partial charge in [0, 0.05) is 24.4 Å². The van der Waals surface area contributed by atoms with E-state index < -0.39 is 9.84 Å². The van der Waals surface area contributed by atoms with Crippen LogP contribution in [0.25, 0.3) is 0 Å². The zero-order valence-electron chi connectivity index (χ0n) is 13.3. The lowest BCUT2D eigenvalue weighted by Gasteiger charge is -2.30. The van der Waals surface area contributed by atoms with Crippen molar-refractivity contribution in [3.8, 4) is 0 Å². The molecule has 1 aromatic rings. The van der Waals surface area contributed by atoms with Gasteiger partial charge in [-0.25, -0.2) is 8.42 Å². The fourth-order valence-corrected chi connectivity index (χ4v) is 3.69. The summed E-state index contributed by atoms with van der Waals surface area (Å²) in [6, 6.07) is 6.07. The van der Waals surface area contributed by atoms with Gasteiger partial charge in [-0.05, 0) is 37.0 Å². The molecule has 7 heteroatoms. The van der Waals surface area contributed by atoms with Crippen LogP contribution < -0.4 is 11.1 Å². The van der Waals surface area contributed by atoms with Crippen LogP contribution in [0.4, 0.5) is 0 Å². The molecule has 0 radical (unpaired) electrons. The highest BCUT2D eigenvalue weighted by Crippen LogP contribution is 2.26. The largest absolute Gasteiger partial charge is 0.348 e. The first-order chi connectivity index (χ1) is 10.4. The van der Waals surface area contributed by atoms with Crippen LogP contribution in [0, 0.1) is 5.92 Å². The number of benzene rings is 1. The number of carbonyl (C=O) groups excluding carboxylic acids is 1. The monoisotopic (exact) mass is 360 g/mol. The normalized spacial score (nSPS) is 17.1. The van der Waals surface area contributed by atoms with Gasteiger partial charge in [-0.3, -0.25) is 4.79 Å². The van der Waals surface area contributed by atoms with E-state index in [0.29, 0.717) is 18.0 Å². The zero-order chi connectivity index (χ0) is 16.2. The molecule has 1 atom stereocenters. The molecular formula is C16H25ClN2O3S. The lowest BCUT2D eigenvalue weighted by Crippen LogP contribution is -2.45. The Morgan fingerprint density at radius 3 is 2.52 bits per heavy atom. The quantitative estimate of drug-likeness (QED) is 0.841. The fraction of sp³-hybridized carbons (Fsp3) is 0.562. The molecule has 23 heavy (non-hydrogen) atoms. The van der Waals surface area contributed by atoms with Crippen molar-refractivity contribution in [2.24, 2.45) is 11.7 Å². The maximum Gasteiger partial charge on any atom is 0.251 e. The van der Waals surface area contributed by atoms with Crippen molar-refractivity contribution in [3.05, 3.63) is 29.8 Å². The van der Waals surface area contributed by atoms with Crippen LogP contribution >= 0.6 is 12.4 Å². The molecule has 1 unspecified atom stereocenters. The number of carbonyl (C=O) groups is 1.